The molecule has 0 atom stereocenters. The van der Waals surface area contributed by atoms with Crippen molar-refractivity contribution in [2.24, 2.45) is 0 Å². The first kappa shape index (κ1) is 13.4. The van der Waals surface area contributed by atoms with Crippen LogP contribution in [0.2, 0.25) is 0 Å². The lowest BCUT2D eigenvalue weighted by molar-refractivity contribution is -0.119. The van der Waals surface area contributed by atoms with Gasteiger partial charge in [-0.2, -0.15) is 0 Å². The van der Waals surface area contributed by atoms with Gasteiger partial charge in [-0.15, -0.1) is 0 Å². The summed E-state index contributed by atoms with van der Waals surface area (Å²) in [5, 5.41) is 2.33. The Morgan fingerprint density at radius 3 is 2.29 bits per heavy atom. The van der Waals surface area contributed by atoms with Crippen molar-refractivity contribution in [3.05, 3.63) is 30.1 Å². The molecular weight excluding hydrogens is 247 g/mol. The minimum absolute atomic E-state index is 0.248. The fourth-order valence-corrected chi connectivity index (χ4v) is 2.07. The average molecular weight is 260 g/mol. The Balaban J connectivity index is 3.07. The fraction of sp³-hybridized carbons (Fsp3) is 0.300. The molecule has 0 aliphatic rings. The SMILES string of the molecule is CNC(=O)CN(c1ccc(F)cc1)S(C)(=O)=O. The van der Waals surface area contributed by atoms with E-state index in [1.165, 1.54) is 19.2 Å². The van der Waals surface area contributed by atoms with Crippen molar-refractivity contribution in [2.75, 3.05) is 24.2 Å². The van der Waals surface area contributed by atoms with E-state index in [0.717, 1.165) is 22.7 Å². The van der Waals surface area contributed by atoms with E-state index in [-0.39, 0.29) is 12.2 Å². The van der Waals surface area contributed by atoms with Gasteiger partial charge in [0.05, 0.1) is 11.9 Å². The van der Waals surface area contributed by atoms with E-state index in [2.05, 4.69) is 5.32 Å². The molecular formula is C10H13FN2O3S. The first-order valence-electron chi connectivity index (χ1n) is 4.78. The number of likely N-dealkylation sites (N-methyl/N-ethyl adjacent to an activating group) is 1. The Morgan fingerprint density at radius 1 is 1.35 bits per heavy atom. The van der Waals surface area contributed by atoms with E-state index < -0.39 is 21.7 Å². The first-order chi connectivity index (χ1) is 7.84. The molecule has 17 heavy (non-hydrogen) atoms. The van der Waals surface area contributed by atoms with Crippen molar-refractivity contribution in [2.45, 2.75) is 0 Å². The third-order valence-corrected chi connectivity index (χ3v) is 3.22. The molecule has 5 nitrogen and oxygen atoms in total. The van der Waals surface area contributed by atoms with Gasteiger partial charge in [0.25, 0.3) is 0 Å². The van der Waals surface area contributed by atoms with Crippen molar-refractivity contribution in [3.8, 4) is 0 Å². The lowest BCUT2D eigenvalue weighted by Crippen LogP contribution is -2.39. The molecule has 0 radical (unpaired) electrons. The molecule has 1 amide bonds. The maximum atomic E-state index is 12.7. The van der Waals surface area contributed by atoms with Crippen LogP contribution in [0.5, 0.6) is 0 Å². The van der Waals surface area contributed by atoms with Gasteiger partial charge in [0.1, 0.15) is 12.4 Å². The molecule has 94 valence electrons. The van der Waals surface area contributed by atoms with E-state index in [0.29, 0.717) is 0 Å². The summed E-state index contributed by atoms with van der Waals surface area (Å²) in [6, 6.07) is 4.88. The smallest absolute Gasteiger partial charge is 0.240 e. The second kappa shape index (κ2) is 5.13. The summed E-state index contributed by atoms with van der Waals surface area (Å²) < 4.78 is 36.7. The third kappa shape index (κ3) is 3.70. The number of benzene rings is 1. The minimum atomic E-state index is -3.59. The summed E-state index contributed by atoms with van der Waals surface area (Å²) in [5.74, 6) is -0.915. The molecule has 0 heterocycles. The second-order valence-electron chi connectivity index (χ2n) is 3.42. The van der Waals surface area contributed by atoms with Crippen molar-refractivity contribution in [1.82, 2.24) is 5.32 Å². The molecule has 0 aromatic heterocycles. The Kier molecular flexibility index (Phi) is 4.06. The molecule has 0 saturated carbocycles. The van der Waals surface area contributed by atoms with Crippen LogP contribution in [0, 0.1) is 5.82 Å². The highest BCUT2D eigenvalue weighted by Gasteiger charge is 2.19. The summed E-state index contributed by atoms with van der Waals surface area (Å²) >= 11 is 0. The lowest BCUT2D eigenvalue weighted by atomic mass is 10.3. The van der Waals surface area contributed by atoms with Crippen molar-refractivity contribution in [1.29, 1.82) is 0 Å². The number of carbonyl (C=O) groups excluding carboxylic acids is 1. The number of hydrogen-bond acceptors (Lipinski definition) is 3. The number of carbonyl (C=O) groups is 1. The van der Waals surface area contributed by atoms with E-state index in [4.69, 9.17) is 0 Å². The molecule has 1 N–H and O–H groups in total. The summed E-state index contributed by atoms with van der Waals surface area (Å²) in [5.41, 5.74) is 0.248. The highest BCUT2D eigenvalue weighted by atomic mass is 32.2. The monoisotopic (exact) mass is 260 g/mol. The van der Waals surface area contributed by atoms with Crippen LogP contribution in [-0.4, -0.2) is 34.2 Å². The van der Waals surface area contributed by atoms with Gasteiger partial charge in [-0.25, -0.2) is 12.8 Å². The number of sulfonamides is 1. The number of rotatable bonds is 4. The van der Waals surface area contributed by atoms with E-state index in [9.17, 15) is 17.6 Å². The molecule has 1 aromatic carbocycles. The van der Waals surface area contributed by atoms with Crippen LogP contribution in [0.1, 0.15) is 0 Å². The van der Waals surface area contributed by atoms with Crippen molar-refractivity contribution < 1.29 is 17.6 Å². The van der Waals surface area contributed by atoms with Crippen molar-refractivity contribution in [3.63, 3.8) is 0 Å². The quantitative estimate of drug-likeness (QED) is 0.848. The zero-order chi connectivity index (χ0) is 13.1. The first-order valence-corrected chi connectivity index (χ1v) is 6.63. The number of hydrogen-bond donors (Lipinski definition) is 1. The molecule has 0 unspecified atom stereocenters. The predicted molar refractivity (Wildman–Crippen MR) is 62.7 cm³/mol. The normalized spacial score (nSPS) is 11.0. The minimum Gasteiger partial charge on any atom is -0.358 e. The molecule has 0 fully saturated rings. The molecule has 0 saturated heterocycles. The Labute approximate surface area is 99.3 Å². The highest BCUT2D eigenvalue weighted by Crippen LogP contribution is 2.17. The van der Waals surface area contributed by atoms with Crippen LogP contribution < -0.4 is 9.62 Å². The topological polar surface area (TPSA) is 66.5 Å². The molecule has 7 heteroatoms. The average Bonchev–Trinajstić information content (AvgIpc) is 2.25. The predicted octanol–water partition coefficient (Wildman–Crippen LogP) is 0.338. The van der Waals surface area contributed by atoms with E-state index >= 15 is 0 Å². The van der Waals surface area contributed by atoms with Gasteiger partial charge in [-0.3, -0.25) is 9.10 Å². The van der Waals surface area contributed by atoms with Gasteiger partial charge in [0, 0.05) is 7.05 Å². The summed E-state index contributed by atoms with van der Waals surface area (Å²) in [6.45, 7) is -0.332. The van der Waals surface area contributed by atoms with Gasteiger partial charge >= 0.3 is 0 Å². The molecule has 1 rings (SSSR count). The molecule has 0 aliphatic heterocycles. The largest absolute Gasteiger partial charge is 0.358 e. The fourth-order valence-electron chi connectivity index (χ4n) is 1.22. The number of anilines is 1. The number of nitrogens with one attached hydrogen (secondary N) is 1. The number of halogens is 1. The van der Waals surface area contributed by atoms with Crippen LogP contribution in [0.25, 0.3) is 0 Å². The standard InChI is InChI=1S/C10H13FN2O3S/c1-12-10(14)7-13(17(2,15)16)9-5-3-8(11)4-6-9/h3-6H,7H2,1-2H3,(H,12,14). The summed E-state index contributed by atoms with van der Waals surface area (Å²) in [4.78, 5) is 11.2. The second-order valence-corrected chi connectivity index (χ2v) is 5.33. The molecule has 1 aromatic rings. The van der Waals surface area contributed by atoms with Crippen LogP contribution >= 0.6 is 0 Å². The van der Waals surface area contributed by atoms with Gasteiger partial charge in [0.15, 0.2) is 0 Å². The summed E-state index contributed by atoms with van der Waals surface area (Å²) in [7, 11) is -2.18. The lowest BCUT2D eigenvalue weighted by Gasteiger charge is -2.21. The Morgan fingerprint density at radius 2 is 1.88 bits per heavy atom. The number of nitrogens with zero attached hydrogens (tertiary/aromatic N) is 1. The van der Waals surface area contributed by atoms with Gasteiger partial charge in [0.2, 0.25) is 15.9 Å². The van der Waals surface area contributed by atoms with Crippen LogP contribution in [0.4, 0.5) is 10.1 Å². The Bertz CT molecular complexity index is 499. The molecule has 0 aliphatic carbocycles. The molecule has 0 spiro atoms. The maximum absolute atomic E-state index is 12.7. The highest BCUT2D eigenvalue weighted by molar-refractivity contribution is 7.92. The number of amides is 1. The van der Waals surface area contributed by atoms with Crippen LogP contribution in [0.3, 0.4) is 0 Å². The zero-order valence-corrected chi connectivity index (χ0v) is 10.3. The molecule has 0 bridgehead atoms. The van der Waals surface area contributed by atoms with Crippen LogP contribution in [0.15, 0.2) is 24.3 Å². The zero-order valence-electron chi connectivity index (χ0n) is 9.47. The maximum Gasteiger partial charge on any atom is 0.240 e. The van der Waals surface area contributed by atoms with Gasteiger partial charge in [-0.05, 0) is 24.3 Å². The van der Waals surface area contributed by atoms with Crippen LogP contribution in [-0.2, 0) is 14.8 Å². The summed E-state index contributed by atoms with van der Waals surface area (Å²) in [6.07, 6.45) is 0.985. The van der Waals surface area contributed by atoms with E-state index in [1.54, 1.807) is 0 Å². The van der Waals surface area contributed by atoms with E-state index in [1.807, 2.05) is 0 Å². The van der Waals surface area contributed by atoms with Gasteiger partial charge in [-0.1, -0.05) is 0 Å². The Hall–Kier alpha value is -1.63. The van der Waals surface area contributed by atoms with Crippen molar-refractivity contribution >= 4 is 21.6 Å². The van der Waals surface area contributed by atoms with Gasteiger partial charge < -0.3 is 5.32 Å². The third-order valence-electron chi connectivity index (χ3n) is 2.08.